The molecule has 0 unspecified atom stereocenters. The molecule has 0 aliphatic carbocycles. The fourth-order valence-corrected chi connectivity index (χ4v) is 4.83. The number of aromatic nitrogens is 1. The Morgan fingerprint density at radius 1 is 0.968 bits per heavy atom. The minimum atomic E-state index is -0.245. The molecule has 0 N–H and O–H groups in total. The van der Waals surface area contributed by atoms with Gasteiger partial charge < -0.3 is 9.80 Å². The maximum absolute atomic E-state index is 13.3. The van der Waals surface area contributed by atoms with Gasteiger partial charge in [-0.2, -0.15) is 0 Å². The molecule has 4 rings (SSSR count). The topological polar surface area (TPSA) is 53.5 Å². The third-order valence-corrected chi connectivity index (χ3v) is 6.59. The van der Waals surface area contributed by atoms with Crippen molar-refractivity contribution in [2.75, 3.05) is 26.2 Å². The van der Waals surface area contributed by atoms with E-state index in [1.54, 1.807) is 19.1 Å². The second-order valence-electron chi connectivity index (χ2n) is 8.83. The monoisotopic (exact) mass is 423 g/mol. The highest BCUT2D eigenvalue weighted by Crippen LogP contribution is 2.31. The van der Waals surface area contributed by atoms with Crippen LogP contribution < -0.4 is 0 Å². The molecule has 2 fully saturated rings. The number of amides is 2. The van der Waals surface area contributed by atoms with E-state index in [1.165, 1.54) is 12.1 Å². The Kier molecular flexibility index (Phi) is 6.35. The van der Waals surface area contributed by atoms with Crippen molar-refractivity contribution < 1.29 is 14.0 Å². The molecule has 31 heavy (non-hydrogen) atoms. The summed E-state index contributed by atoms with van der Waals surface area (Å²) in [5, 5.41) is 0. The summed E-state index contributed by atoms with van der Waals surface area (Å²) in [6.07, 6.45) is 3.46. The van der Waals surface area contributed by atoms with Crippen molar-refractivity contribution in [3.8, 4) is 11.1 Å². The van der Waals surface area contributed by atoms with Gasteiger partial charge in [0.1, 0.15) is 5.82 Å². The Bertz CT molecular complexity index is 952. The van der Waals surface area contributed by atoms with E-state index < -0.39 is 0 Å². The SMILES string of the molecule is CC(=O)N1CCC(C(=O)N2CCC[C@H](c3cc(-c4ccc(F)cc4)cc(C)n3)C2)CC1. The van der Waals surface area contributed by atoms with E-state index >= 15 is 0 Å². The fourth-order valence-electron chi connectivity index (χ4n) is 4.83. The number of benzene rings is 1. The van der Waals surface area contributed by atoms with Gasteiger partial charge in [-0.15, -0.1) is 0 Å². The fraction of sp³-hybridized carbons (Fsp3) is 0.480. The predicted molar refractivity (Wildman–Crippen MR) is 118 cm³/mol. The molecular weight excluding hydrogens is 393 g/mol. The van der Waals surface area contributed by atoms with Gasteiger partial charge in [-0.3, -0.25) is 14.6 Å². The van der Waals surface area contributed by atoms with Crippen LogP contribution in [-0.4, -0.2) is 52.8 Å². The van der Waals surface area contributed by atoms with E-state index in [-0.39, 0.29) is 29.5 Å². The van der Waals surface area contributed by atoms with Crippen LogP contribution in [-0.2, 0) is 9.59 Å². The van der Waals surface area contributed by atoms with Gasteiger partial charge in [-0.25, -0.2) is 4.39 Å². The second-order valence-corrected chi connectivity index (χ2v) is 8.83. The lowest BCUT2D eigenvalue weighted by atomic mass is 9.89. The van der Waals surface area contributed by atoms with Gasteiger partial charge in [0.25, 0.3) is 0 Å². The average molecular weight is 424 g/mol. The van der Waals surface area contributed by atoms with Crippen molar-refractivity contribution in [2.24, 2.45) is 5.92 Å². The summed E-state index contributed by atoms with van der Waals surface area (Å²) in [7, 11) is 0. The Labute approximate surface area is 183 Å². The van der Waals surface area contributed by atoms with Gasteiger partial charge >= 0.3 is 0 Å². The van der Waals surface area contributed by atoms with E-state index in [9.17, 15) is 14.0 Å². The molecule has 0 saturated carbocycles. The minimum Gasteiger partial charge on any atom is -0.343 e. The van der Waals surface area contributed by atoms with Gasteiger partial charge in [0.05, 0.1) is 0 Å². The highest BCUT2D eigenvalue weighted by Gasteiger charge is 2.32. The van der Waals surface area contributed by atoms with Crippen molar-refractivity contribution in [1.82, 2.24) is 14.8 Å². The normalized spacial score (nSPS) is 20.0. The van der Waals surface area contributed by atoms with E-state index in [2.05, 4.69) is 6.07 Å². The van der Waals surface area contributed by atoms with Gasteiger partial charge in [-0.1, -0.05) is 12.1 Å². The molecule has 2 aliphatic rings. The number of nitrogens with zero attached hydrogens (tertiary/aromatic N) is 3. The maximum Gasteiger partial charge on any atom is 0.225 e. The number of pyridine rings is 1. The minimum absolute atomic E-state index is 0.00888. The average Bonchev–Trinajstić information content (AvgIpc) is 2.79. The van der Waals surface area contributed by atoms with Crippen molar-refractivity contribution in [3.05, 3.63) is 53.6 Å². The number of rotatable bonds is 3. The maximum atomic E-state index is 13.3. The molecule has 0 bridgehead atoms. The van der Waals surface area contributed by atoms with Gasteiger partial charge in [0, 0.05) is 56.3 Å². The van der Waals surface area contributed by atoms with Gasteiger partial charge in [0.2, 0.25) is 11.8 Å². The molecule has 6 heteroatoms. The molecule has 2 aromatic rings. The molecule has 2 amide bonds. The van der Waals surface area contributed by atoms with E-state index in [0.29, 0.717) is 19.6 Å². The molecule has 2 saturated heterocycles. The number of aryl methyl sites for hydroxylation is 1. The Morgan fingerprint density at radius 3 is 2.35 bits per heavy atom. The van der Waals surface area contributed by atoms with Crippen LogP contribution in [0.5, 0.6) is 0 Å². The van der Waals surface area contributed by atoms with E-state index in [4.69, 9.17) is 4.98 Å². The molecule has 2 aliphatic heterocycles. The third-order valence-electron chi connectivity index (χ3n) is 6.59. The summed E-state index contributed by atoms with van der Waals surface area (Å²) in [5.41, 5.74) is 3.93. The van der Waals surface area contributed by atoms with Crippen molar-refractivity contribution in [3.63, 3.8) is 0 Å². The summed E-state index contributed by atoms with van der Waals surface area (Å²) >= 11 is 0. The van der Waals surface area contributed by atoms with Crippen LogP contribution in [0.2, 0.25) is 0 Å². The number of carbonyl (C=O) groups excluding carboxylic acids is 2. The van der Waals surface area contributed by atoms with E-state index in [0.717, 1.165) is 54.7 Å². The Morgan fingerprint density at radius 2 is 1.68 bits per heavy atom. The lowest BCUT2D eigenvalue weighted by Gasteiger charge is -2.37. The summed E-state index contributed by atoms with van der Waals surface area (Å²) in [4.78, 5) is 33.3. The molecule has 3 heterocycles. The molecule has 5 nitrogen and oxygen atoms in total. The Balaban J connectivity index is 1.47. The van der Waals surface area contributed by atoms with Crippen LogP contribution in [0.4, 0.5) is 4.39 Å². The quantitative estimate of drug-likeness (QED) is 0.745. The number of likely N-dealkylation sites (tertiary alicyclic amines) is 2. The van der Waals surface area contributed by atoms with Crippen molar-refractivity contribution in [2.45, 2.75) is 45.4 Å². The zero-order valence-corrected chi connectivity index (χ0v) is 18.3. The molecule has 1 aromatic carbocycles. The smallest absolute Gasteiger partial charge is 0.225 e. The lowest BCUT2D eigenvalue weighted by Crippen LogP contribution is -2.46. The summed E-state index contributed by atoms with van der Waals surface area (Å²) in [5.74, 6) is 0.278. The molecule has 164 valence electrons. The lowest BCUT2D eigenvalue weighted by molar-refractivity contribution is -0.141. The highest BCUT2D eigenvalue weighted by atomic mass is 19.1. The first-order valence-electron chi connectivity index (χ1n) is 11.2. The van der Waals surface area contributed by atoms with Gasteiger partial charge in [0.15, 0.2) is 0 Å². The van der Waals surface area contributed by atoms with Crippen LogP contribution in [0.15, 0.2) is 36.4 Å². The van der Waals surface area contributed by atoms with Crippen LogP contribution in [0.25, 0.3) is 11.1 Å². The number of halogens is 1. The number of hydrogen-bond donors (Lipinski definition) is 0. The molecule has 0 radical (unpaired) electrons. The number of piperidine rings is 2. The van der Waals surface area contributed by atoms with Crippen LogP contribution in [0.1, 0.15) is 49.9 Å². The van der Waals surface area contributed by atoms with Gasteiger partial charge in [-0.05, 0) is 68.0 Å². The van der Waals surface area contributed by atoms with Crippen molar-refractivity contribution in [1.29, 1.82) is 0 Å². The summed E-state index contributed by atoms with van der Waals surface area (Å²) in [6.45, 7) is 6.38. The van der Waals surface area contributed by atoms with Crippen molar-refractivity contribution >= 4 is 11.8 Å². The zero-order chi connectivity index (χ0) is 22.0. The summed E-state index contributed by atoms with van der Waals surface area (Å²) < 4.78 is 13.3. The Hall–Kier alpha value is -2.76. The first kappa shape index (κ1) is 21.5. The molecule has 1 atom stereocenters. The number of carbonyl (C=O) groups is 2. The predicted octanol–water partition coefficient (Wildman–Crippen LogP) is 4.16. The zero-order valence-electron chi connectivity index (χ0n) is 18.3. The number of hydrogen-bond acceptors (Lipinski definition) is 3. The highest BCUT2D eigenvalue weighted by molar-refractivity contribution is 5.80. The third kappa shape index (κ3) is 4.94. The van der Waals surface area contributed by atoms with Crippen LogP contribution in [0, 0.1) is 18.7 Å². The van der Waals surface area contributed by atoms with E-state index in [1.807, 2.05) is 22.8 Å². The first-order chi connectivity index (χ1) is 14.9. The van der Waals surface area contributed by atoms with Crippen LogP contribution in [0.3, 0.4) is 0 Å². The van der Waals surface area contributed by atoms with Crippen LogP contribution >= 0.6 is 0 Å². The largest absolute Gasteiger partial charge is 0.343 e. The first-order valence-corrected chi connectivity index (χ1v) is 11.2. The second kappa shape index (κ2) is 9.16. The standard InChI is InChI=1S/C25H30FN3O2/c1-17-14-22(19-5-7-23(26)8-6-19)15-24(27-17)21-4-3-11-29(16-21)25(31)20-9-12-28(13-10-20)18(2)30/h5-8,14-15,20-21H,3-4,9-13,16H2,1-2H3/t21-/m0/s1. The summed E-state index contributed by atoms with van der Waals surface area (Å²) in [6, 6.07) is 10.6. The molecule has 0 spiro atoms. The molecule has 1 aromatic heterocycles. The molecular formula is C25H30FN3O2.